The Hall–Kier alpha value is -0.200. The minimum atomic E-state index is 0.221. The monoisotopic (exact) mass is 244 g/mol. The van der Waals surface area contributed by atoms with E-state index in [0.717, 1.165) is 17.9 Å². The summed E-state index contributed by atoms with van der Waals surface area (Å²) in [5.74, 6) is 0.701. The first kappa shape index (κ1) is 12.9. The van der Waals surface area contributed by atoms with Crippen LogP contribution in [0, 0.1) is 5.92 Å². The highest BCUT2D eigenvalue weighted by atomic mass is 35.5. The van der Waals surface area contributed by atoms with E-state index in [0.29, 0.717) is 5.92 Å². The molecule has 0 amide bonds. The summed E-state index contributed by atoms with van der Waals surface area (Å²) in [4.78, 5) is 0. The predicted molar refractivity (Wildman–Crippen MR) is 68.9 cm³/mol. The normalized spacial score (nSPS) is 14.9. The van der Waals surface area contributed by atoms with Crippen molar-refractivity contribution in [3.8, 4) is 0 Å². The third-order valence-corrected chi connectivity index (χ3v) is 3.27. The quantitative estimate of drug-likeness (QED) is 0.645. The van der Waals surface area contributed by atoms with Crippen LogP contribution in [-0.2, 0) is 6.42 Å². The van der Waals surface area contributed by atoms with Crippen molar-refractivity contribution in [2.75, 3.05) is 0 Å². The molecule has 0 saturated heterocycles. The van der Waals surface area contributed by atoms with Crippen LogP contribution in [0.4, 0.5) is 0 Å². The van der Waals surface area contributed by atoms with Gasteiger partial charge in [-0.15, -0.1) is 11.6 Å². The van der Waals surface area contributed by atoms with Gasteiger partial charge < -0.3 is 0 Å². The SMILES string of the molecule is CCC(C)CC(Cl)Cc1cccc(Cl)c1. The van der Waals surface area contributed by atoms with Gasteiger partial charge in [-0.25, -0.2) is 0 Å². The van der Waals surface area contributed by atoms with Gasteiger partial charge in [0.2, 0.25) is 0 Å². The first-order valence-electron chi connectivity index (χ1n) is 5.50. The minimum absolute atomic E-state index is 0.221. The maximum absolute atomic E-state index is 6.30. The molecule has 0 nitrogen and oxygen atoms in total. The molecule has 0 bridgehead atoms. The fourth-order valence-corrected chi connectivity index (χ4v) is 2.30. The molecule has 2 atom stereocenters. The molecule has 0 aromatic heterocycles. The summed E-state index contributed by atoms with van der Waals surface area (Å²) in [6.07, 6.45) is 3.18. The summed E-state index contributed by atoms with van der Waals surface area (Å²) in [5.41, 5.74) is 1.23. The summed E-state index contributed by atoms with van der Waals surface area (Å²) < 4.78 is 0. The molecule has 2 heteroatoms. The Labute approximate surface area is 103 Å². The molecule has 2 unspecified atom stereocenters. The van der Waals surface area contributed by atoms with Crippen LogP contribution in [0.2, 0.25) is 5.02 Å². The van der Waals surface area contributed by atoms with Crippen molar-refractivity contribution in [1.82, 2.24) is 0 Å². The van der Waals surface area contributed by atoms with Crippen LogP contribution in [0.25, 0.3) is 0 Å². The van der Waals surface area contributed by atoms with E-state index in [1.807, 2.05) is 18.2 Å². The molecule has 0 radical (unpaired) electrons. The number of alkyl halides is 1. The Morgan fingerprint density at radius 2 is 2.07 bits per heavy atom. The number of rotatable bonds is 5. The van der Waals surface area contributed by atoms with Crippen molar-refractivity contribution in [3.05, 3.63) is 34.9 Å². The van der Waals surface area contributed by atoms with Crippen molar-refractivity contribution >= 4 is 23.2 Å². The number of benzene rings is 1. The van der Waals surface area contributed by atoms with E-state index < -0.39 is 0 Å². The predicted octanol–water partition coefficient (Wildman–Crippen LogP) is 4.93. The lowest BCUT2D eigenvalue weighted by atomic mass is 9.99. The second-order valence-electron chi connectivity index (χ2n) is 4.18. The smallest absolute Gasteiger partial charge is 0.0408 e. The molecule has 1 aromatic rings. The third kappa shape index (κ3) is 4.90. The average molecular weight is 245 g/mol. The topological polar surface area (TPSA) is 0 Å². The van der Waals surface area contributed by atoms with Crippen LogP contribution in [0.15, 0.2) is 24.3 Å². The van der Waals surface area contributed by atoms with Crippen molar-refractivity contribution in [3.63, 3.8) is 0 Å². The Morgan fingerprint density at radius 1 is 1.33 bits per heavy atom. The minimum Gasteiger partial charge on any atom is -0.123 e. The highest BCUT2D eigenvalue weighted by molar-refractivity contribution is 6.30. The fraction of sp³-hybridized carbons (Fsp3) is 0.538. The van der Waals surface area contributed by atoms with Gasteiger partial charge in [0.25, 0.3) is 0 Å². The fourth-order valence-electron chi connectivity index (χ4n) is 1.61. The van der Waals surface area contributed by atoms with E-state index >= 15 is 0 Å². The summed E-state index contributed by atoms with van der Waals surface area (Å²) in [5, 5.41) is 1.01. The molecule has 0 heterocycles. The van der Waals surface area contributed by atoms with Crippen molar-refractivity contribution < 1.29 is 0 Å². The largest absolute Gasteiger partial charge is 0.123 e. The maximum Gasteiger partial charge on any atom is 0.0408 e. The molecular weight excluding hydrogens is 227 g/mol. The van der Waals surface area contributed by atoms with E-state index in [4.69, 9.17) is 23.2 Å². The molecule has 0 spiro atoms. The van der Waals surface area contributed by atoms with E-state index in [9.17, 15) is 0 Å². The zero-order valence-corrected chi connectivity index (χ0v) is 10.9. The van der Waals surface area contributed by atoms with Crippen molar-refractivity contribution in [1.29, 1.82) is 0 Å². The molecule has 84 valence electrons. The molecular formula is C13H18Cl2. The molecule has 0 fully saturated rings. The lowest BCUT2D eigenvalue weighted by Gasteiger charge is -2.14. The third-order valence-electron chi connectivity index (χ3n) is 2.70. The van der Waals surface area contributed by atoms with Crippen molar-refractivity contribution in [2.24, 2.45) is 5.92 Å². The average Bonchev–Trinajstić information content (AvgIpc) is 2.17. The van der Waals surface area contributed by atoms with Gasteiger partial charge in [0.05, 0.1) is 0 Å². The van der Waals surface area contributed by atoms with Gasteiger partial charge in [0.1, 0.15) is 0 Å². The zero-order chi connectivity index (χ0) is 11.3. The molecule has 1 aromatic carbocycles. The number of hydrogen-bond donors (Lipinski definition) is 0. The second-order valence-corrected chi connectivity index (χ2v) is 5.23. The van der Waals surface area contributed by atoms with Crippen LogP contribution in [0.1, 0.15) is 32.3 Å². The lowest BCUT2D eigenvalue weighted by Crippen LogP contribution is -2.08. The van der Waals surface area contributed by atoms with Gasteiger partial charge in [-0.2, -0.15) is 0 Å². The van der Waals surface area contributed by atoms with Crippen LogP contribution >= 0.6 is 23.2 Å². The van der Waals surface area contributed by atoms with Gasteiger partial charge in [0, 0.05) is 10.4 Å². The van der Waals surface area contributed by atoms with Crippen LogP contribution in [0.5, 0.6) is 0 Å². The molecule has 0 aliphatic rings. The van der Waals surface area contributed by atoms with Crippen LogP contribution in [0.3, 0.4) is 0 Å². The zero-order valence-electron chi connectivity index (χ0n) is 9.34. The molecule has 0 N–H and O–H groups in total. The highest BCUT2D eigenvalue weighted by Crippen LogP contribution is 2.20. The van der Waals surface area contributed by atoms with Crippen LogP contribution < -0.4 is 0 Å². The first-order valence-corrected chi connectivity index (χ1v) is 6.31. The van der Waals surface area contributed by atoms with Gasteiger partial charge in [-0.3, -0.25) is 0 Å². The van der Waals surface area contributed by atoms with Gasteiger partial charge in [-0.05, 0) is 36.5 Å². The van der Waals surface area contributed by atoms with E-state index in [-0.39, 0.29) is 5.38 Å². The maximum atomic E-state index is 6.30. The Morgan fingerprint density at radius 3 is 2.67 bits per heavy atom. The molecule has 15 heavy (non-hydrogen) atoms. The first-order chi connectivity index (χ1) is 7.11. The summed E-state index contributed by atoms with van der Waals surface area (Å²) in [7, 11) is 0. The lowest BCUT2D eigenvalue weighted by molar-refractivity contribution is 0.500. The van der Waals surface area contributed by atoms with E-state index in [1.165, 1.54) is 12.0 Å². The summed E-state index contributed by atoms with van der Waals surface area (Å²) in [6.45, 7) is 4.45. The van der Waals surface area contributed by atoms with Crippen molar-refractivity contribution in [2.45, 2.75) is 38.5 Å². The molecule has 0 aliphatic heterocycles. The van der Waals surface area contributed by atoms with Gasteiger partial charge >= 0.3 is 0 Å². The molecule has 1 rings (SSSR count). The second kappa shape index (κ2) is 6.40. The van der Waals surface area contributed by atoms with Gasteiger partial charge in [0.15, 0.2) is 0 Å². The number of hydrogen-bond acceptors (Lipinski definition) is 0. The number of halogens is 2. The standard InChI is InChI=1S/C13H18Cl2/c1-3-10(2)7-13(15)9-11-5-4-6-12(14)8-11/h4-6,8,10,13H,3,7,9H2,1-2H3. The summed E-state index contributed by atoms with van der Waals surface area (Å²) >= 11 is 12.2. The Kier molecular flexibility index (Phi) is 5.49. The molecule has 0 saturated carbocycles. The van der Waals surface area contributed by atoms with E-state index in [1.54, 1.807) is 0 Å². The summed E-state index contributed by atoms with van der Waals surface area (Å²) in [6, 6.07) is 7.94. The Bertz CT molecular complexity index is 296. The van der Waals surface area contributed by atoms with Crippen LogP contribution in [-0.4, -0.2) is 5.38 Å². The van der Waals surface area contributed by atoms with Gasteiger partial charge in [-0.1, -0.05) is 44.0 Å². The Balaban J connectivity index is 2.47. The van der Waals surface area contributed by atoms with E-state index in [2.05, 4.69) is 19.9 Å². The molecule has 0 aliphatic carbocycles. The highest BCUT2D eigenvalue weighted by Gasteiger charge is 2.10.